The van der Waals surface area contributed by atoms with Gasteiger partial charge in [-0.3, -0.25) is 4.79 Å². The lowest BCUT2D eigenvalue weighted by molar-refractivity contribution is -0.131. The minimum Gasteiger partial charge on any atom is -0.363 e. The topological polar surface area (TPSA) is 32.8 Å². The molecule has 1 amide bonds. The molecule has 4 aliphatic rings. The van der Waals surface area contributed by atoms with Crippen LogP contribution in [-0.4, -0.2) is 37.1 Å². The maximum absolute atomic E-state index is 11.8. The van der Waals surface area contributed by atoms with Gasteiger partial charge in [-0.2, -0.15) is 0 Å². The number of fused-ring (bicyclic) bond motifs is 1. The SMILES string of the molecule is CN(CC1=CCC2CC1C2(C)C)C(=O)C1CO1. The lowest BCUT2D eigenvalue weighted by Crippen LogP contribution is -2.50. The Morgan fingerprint density at radius 1 is 1.59 bits per heavy atom. The van der Waals surface area contributed by atoms with E-state index in [4.69, 9.17) is 4.74 Å². The molecule has 94 valence electrons. The predicted octanol–water partition coefficient (Wildman–Crippen LogP) is 1.84. The van der Waals surface area contributed by atoms with Gasteiger partial charge >= 0.3 is 0 Å². The molecule has 0 aromatic heterocycles. The number of carbonyl (C=O) groups is 1. The number of nitrogens with zero attached hydrogens (tertiary/aromatic N) is 1. The first-order valence-corrected chi connectivity index (χ1v) is 6.55. The van der Waals surface area contributed by atoms with Crippen LogP contribution in [0.25, 0.3) is 0 Å². The van der Waals surface area contributed by atoms with Crippen molar-refractivity contribution in [2.45, 2.75) is 32.8 Å². The Bertz CT molecular complexity index is 382. The van der Waals surface area contributed by atoms with E-state index in [9.17, 15) is 4.79 Å². The van der Waals surface area contributed by atoms with E-state index in [0.717, 1.165) is 12.5 Å². The summed E-state index contributed by atoms with van der Waals surface area (Å²) in [6.45, 7) is 6.13. The molecule has 2 bridgehead atoms. The smallest absolute Gasteiger partial charge is 0.254 e. The van der Waals surface area contributed by atoms with Crippen molar-refractivity contribution < 1.29 is 9.53 Å². The molecular weight excluding hydrogens is 214 g/mol. The molecule has 1 saturated carbocycles. The van der Waals surface area contributed by atoms with Crippen molar-refractivity contribution in [3.8, 4) is 0 Å². The first-order chi connectivity index (χ1) is 8.00. The predicted molar refractivity (Wildman–Crippen MR) is 65.5 cm³/mol. The molecule has 3 atom stereocenters. The van der Waals surface area contributed by atoms with Crippen molar-refractivity contribution >= 4 is 5.91 Å². The Hall–Kier alpha value is -0.830. The van der Waals surface area contributed by atoms with Crippen LogP contribution in [-0.2, 0) is 9.53 Å². The van der Waals surface area contributed by atoms with E-state index in [1.807, 2.05) is 11.9 Å². The zero-order chi connectivity index (χ0) is 12.2. The van der Waals surface area contributed by atoms with Crippen molar-refractivity contribution in [1.29, 1.82) is 0 Å². The highest BCUT2D eigenvalue weighted by Crippen LogP contribution is 2.59. The molecule has 2 fully saturated rings. The molecule has 0 aromatic rings. The Kier molecular flexibility index (Phi) is 2.37. The number of allylic oxidation sites excluding steroid dienone is 1. The lowest BCUT2D eigenvalue weighted by atomic mass is 9.49. The quantitative estimate of drug-likeness (QED) is 0.552. The second-order valence-corrected chi connectivity index (χ2v) is 6.34. The minimum atomic E-state index is -0.147. The molecule has 3 heteroatoms. The van der Waals surface area contributed by atoms with Gasteiger partial charge in [-0.15, -0.1) is 0 Å². The Balaban J connectivity index is 1.65. The number of amides is 1. The largest absolute Gasteiger partial charge is 0.363 e. The summed E-state index contributed by atoms with van der Waals surface area (Å²) in [5.41, 5.74) is 1.92. The number of rotatable bonds is 3. The summed E-state index contributed by atoms with van der Waals surface area (Å²) in [4.78, 5) is 13.7. The lowest BCUT2D eigenvalue weighted by Gasteiger charge is -2.56. The van der Waals surface area contributed by atoms with Gasteiger partial charge in [-0.05, 0) is 30.1 Å². The number of hydrogen-bond donors (Lipinski definition) is 0. The van der Waals surface area contributed by atoms with E-state index in [1.165, 1.54) is 18.4 Å². The number of ether oxygens (including phenoxy) is 1. The second-order valence-electron chi connectivity index (χ2n) is 6.34. The molecule has 3 unspecified atom stereocenters. The van der Waals surface area contributed by atoms with E-state index in [1.54, 1.807) is 0 Å². The summed E-state index contributed by atoms with van der Waals surface area (Å²) >= 11 is 0. The minimum absolute atomic E-state index is 0.144. The maximum Gasteiger partial charge on any atom is 0.254 e. The van der Waals surface area contributed by atoms with Crippen LogP contribution in [0.2, 0.25) is 0 Å². The molecule has 0 aromatic carbocycles. The van der Waals surface area contributed by atoms with Crippen LogP contribution >= 0.6 is 0 Å². The van der Waals surface area contributed by atoms with Gasteiger partial charge < -0.3 is 9.64 Å². The maximum atomic E-state index is 11.8. The van der Waals surface area contributed by atoms with Gasteiger partial charge in [0.1, 0.15) is 0 Å². The Labute approximate surface area is 103 Å². The fourth-order valence-corrected chi connectivity index (χ4v) is 3.44. The van der Waals surface area contributed by atoms with Crippen LogP contribution in [0.3, 0.4) is 0 Å². The van der Waals surface area contributed by atoms with E-state index in [0.29, 0.717) is 17.9 Å². The van der Waals surface area contributed by atoms with Gasteiger partial charge in [0, 0.05) is 13.6 Å². The zero-order valence-corrected chi connectivity index (χ0v) is 10.9. The molecule has 1 aliphatic heterocycles. The summed E-state index contributed by atoms with van der Waals surface area (Å²) in [7, 11) is 1.89. The standard InChI is InChI=1S/C14H21NO2/c1-14(2)10-5-4-9(11(14)6-10)7-15(3)13(16)12-8-17-12/h4,10-12H,5-8H2,1-3H3. The average Bonchev–Trinajstić information content (AvgIpc) is 3.11. The van der Waals surface area contributed by atoms with Crippen LogP contribution in [0.5, 0.6) is 0 Å². The molecule has 1 saturated heterocycles. The molecule has 4 rings (SSSR count). The van der Waals surface area contributed by atoms with Gasteiger partial charge in [0.25, 0.3) is 5.91 Å². The van der Waals surface area contributed by atoms with Crippen LogP contribution in [0, 0.1) is 17.3 Å². The van der Waals surface area contributed by atoms with Crippen molar-refractivity contribution in [3.63, 3.8) is 0 Å². The van der Waals surface area contributed by atoms with Gasteiger partial charge in [0.15, 0.2) is 6.10 Å². The Morgan fingerprint density at radius 3 is 2.82 bits per heavy atom. The fourth-order valence-electron chi connectivity index (χ4n) is 3.44. The van der Waals surface area contributed by atoms with Crippen molar-refractivity contribution in [2.24, 2.45) is 17.3 Å². The summed E-state index contributed by atoms with van der Waals surface area (Å²) in [5.74, 6) is 1.70. The molecule has 3 nitrogen and oxygen atoms in total. The van der Waals surface area contributed by atoms with Crippen molar-refractivity contribution in [1.82, 2.24) is 4.90 Å². The van der Waals surface area contributed by atoms with Gasteiger partial charge in [0.05, 0.1) is 6.61 Å². The highest BCUT2D eigenvalue weighted by Gasteiger charge is 2.51. The molecule has 3 aliphatic carbocycles. The van der Waals surface area contributed by atoms with Crippen molar-refractivity contribution in [3.05, 3.63) is 11.6 Å². The fraction of sp³-hybridized carbons (Fsp3) is 0.786. The van der Waals surface area contributed by atoms with E-state index in [-0.39, 0.29) is 12.0 Å². The van der Waals surface area contributed by atoms with Gasteiger partial charge in [0.2, 0.25) is 0 Å². The van der Waals surface area contributed by atoms with Crippen LogP contribution in [0.4, 0.5) is 0 Å². The summed E-state index contributed by atoms with van der Waals surface area (Å²) in [6.07, 6.45) is 4.73. The normalized spacial score (nSPS) is 36.9. The van der Waals surface area contributed by atoms with Crippen molar-refractivity contribution in [2.75, 3.05) is 20.2 Å². The number of epoxide rings is 1. The Morgan fingerprint density at radius 2 is 2.29 bits per heavy atom. The molecule has 0 radical (unpaired) electrons. The highest BCUT2D eigenvalue weighted by atomic mass is 16.6. The highest BCUT2D eigenvalue weighted by molar-refractivity contribution is 5.83. The third-order valence-electron chi connectivity index (χ3n) is 4.99. The third-order valence-corrected chi connectivity index (χ3v) is 4.99. The molecule has 17 heavy (non-hydrogen) atoms. The first-order valence-electron chi connectivity index (χ1n) is 6.55. The van der Waals surface area contributed by atoms with E-state index >= 15 is 0 Å². The number of likely N-dealkylation sites (N-methyl/N-ethyl adjacent to an activating group) is 1. The summed E-state index contributed by atoms with van der Waals surface area (Å²) in [5, 5.41) is 0. The zero-order valence-electron chi connectivity index (χ0n) is 10.9. The summed E-state index contributed by atoms with van der Waals surface area (Å²) < 4.78 is 5.05. The summed E-state index contributed by atoms with van der Waals surface area (Å²) in [6, 6.07) is 0. The van der Waals surface area contributed by atoms with Gasteiger partial charge in [-0.25, -0.2) is 0 Å². The van der Waals surface area contributed by atoms with Crippen LogP contribution < -0.4 is 0 Å². The number of hydrogen-bond acceptors (Lipinski definition) is 2. The molecule has 1 heterocycles. The van der Waals surface area contributed by atoms with E-state index < -0.39 is 0 Å². The monoisotopic (exact) mass is 235 g/mol. The number of carbonyl (C=O) groups excluding carboxylic acids is 1. The second kappa shape index (κ2) is 3.58. The van der Waals surface area contributed by atoms with Crippen LogP contribution in [0.1, 0.15) is 26.7 Å². The van der Waals surface area contributed by atoms with E-state index in [2.05, 4.69) is 19.9 Å². The average molecular weight is 235 g/mol. The van der Waals surface area contributed by atoms with Crippen LogP contribution in [0.15, 0.2) is 11.6 Å². The molecular formula is C14H21NO2. The van der Waals surface area contributed by atoms with Gasteiger partial charge in [-0.1, -0.05) is 25.5 Å². The third kappa shape index (κ3) is 1.71. The first kappa shape index (κ1) is 11.3. The molecule has 0 N–H and O–H groups in total. The molecule has 0 spiro atoms.